The molecule has 0 radical (unpaired) electrons. The lowest BCUT2D eigenvalue weighted by Gasteiger charge is -2.05. The molecule has 0 aliphatic heterocycles. The minimum absolute atomic E-state index is 0.218. The summed E-state index contributed by atoms with van der Waals surface area (Å²) < 4.78 is 1.06. The number of carbonyl (C=O) groups is 1. The monoisotopic (exact) mass is 289 g/mol. The maximum absolute atomic E-state index is 11.5. The van der Waals surface area contributed by atoms with E-state index in [0.29, 0.717) is 6.54 Å². The molecule has 6 nitrogen and oxygen atoms in total. The van der Waals surface area contributed by atoms with Crippen molar-refractivity contribution < 1.29 is 4.79 Å². The van der Waals surface area contributed by atoms with Crippen molar-refractivity contribution >= 4 is 21.8 Å². The number of halogens is 1. The SMILES string of the molecule is CCCNC(=O)Cn1c(=O)[nH]cc(Br)c1=O. The average molecular weight is 290 g/mol. The van der Waals surface area contributed by atoms with Gasteiger partial charge in [-0.3, -0.25) is 9.59 Å². The first kappa shape index (κ1) is 12.7. The van der Waals surface area contributed by atoms with Crippen LogP contribution in [-0.4, -0.2) is 22.0 Å². The van der Waals surface area contributed by atoms with Gasteiger partial charge in [0.15, 0.2) is 0 Å². The van der Waals surface area contributed by atoms with Crippen LogP contribution >= 0.6 is 15.9 Å². The summed E-state index contributed by atoms with van der Waals surface area (Å²) in [5.74, 6) is -0.354. The summed E-state index contributed by atoms with van der Waals surface area (Å²) in [6.45, 7) is 2.17. The van der Waals surface area contributed by atoms with Crippen LogP contribution in [0.15, 0.2) is 20.3 Å². The molecule has 0 spiro atoms. The van der Waals surface area contributed by atoms with Gasteiger partial charge in [-0.1, -0.05) is 6.92 Å². The predicted octanol–water partition coefficient (Wildman–Crippen LogP) is -0.175. The van der Waals surface area contributed by atoms with Gasteiger partial charge in [0.25, 0.3) is 5.56 Å². The molecule has 7 heteroatoms. The van der Waals surface area contributed by atoms with Crippen LogP contribution < -0.4 is 16.6 Å². The number of rotatable bonds is 4. The van der Waals surface area contributed by atoms with Crippen molar-refractivity contribution in [1.82, 2.24) is 14.9 Å². The number of carbonyl (C=O) groups excluding carboxylic acids is 1. The van der Waals surface area contributed by atoms with E-state index in [1.807, 2.05) is 6.92 Å². The Morgan fingerprint density at radius 3 is 2.88 bits per heavy atom. The Morgan fingerprint density at radius 1 is 1.56 bits per heavy atom. The van der Waals surface area contributed by atoms with Crippen LogP contribution in [0.4, 0.5) is 0 Å². The first-order valence-electron chi connectivity index (χ1n) is 4.81. The molecule has 0 bridgehead atoms. The van der Waals surface area contributed by atoms with Crippen LogP contribution in [0.2, 0.25) is 0 Å². The highest BCUT2D eigenvalue weighted by Gasteiger charge is 2.08. The summed E-state index contributed by atoms with van der Waals surface area (Å²) in [5, 5.41) is 2.59. The van der Waals surface area contributed by atoms with Crippen LogP contribution in [0.5, 0.6) is 0 Å². The average Bonchev–Trinajstić information content (AvgIpc) is 2.27. The van der Waals surface area contributed by atoms with E-state index >= 15 is 0 Å². The van der Waals surface area contributed by atoms with Crippen LogP contribution in [0.1, 0.15) is 13.3 Å². The van der Waals surface area contributed by atoms with Gasteiger partial charge in [-0.05, 0) is 22.4 Å². The Hall–Kier alpha value is -1.37. The predicted molar refractivity (Wildman–Crippen MR) is 62.3 cm³/mol. The quantitative estimate of drug-likeness (QED) is 0.807. The summed E-state index contributed by atoms with van der Waals surface area (Å²) in [5.41, 5.74) is -1.12. The second-order valence-electron chi connectivity index (χ2n) is 3.18. The van der Waals surface area contributed by atoms with Crippen LogP contribution in [0.25, 0.3) is 0 Å². The third-order valence-electron chi connectivity index (χ3n) is 1.89. The van der Waals surface area contributed by atoms with Crippen molar-refractivity contribution in [2.45, 2.75) is 19.9 Å². The maximum atomic E-state index is 11.5. The number of hydrogen-bond donors (Lipinski definition) is 2. The first-order chi connectivity index (χ1) is 7.56. The molecule has 1 rings (SSSR count). The molecule has 0 atom stereocenters. The topological polar surface area (TPSA) is 84.0 Å². The smallest absolute Gasteiger partial charge is 0.328 e. The molecule has 0 saturated carbocycles. The molecule has 1 aromatic heterocycles. The molecule has 0 aliphatic carbocycles. The largest absolute Gasteiger partial charge is 0.355 e. The Labute approximate surface area is 99.8 Å². The number of aromatic nitrogens is 2. The van der Waals surface area contributed by atoms with E-state index in [2.05, 4.69) is 26.2 Å². The molecule has 0 unspecified atom stereocenters. The van der Waals surface area contributed by atoms with Crippen LogP contribution in [0, 0.1) is 0 Å². The molecule has 16 heavy (non-hydrogen) atoms. The molecule has 1 amide bonds. The molecular formula is C9H12BrN3O3. The molecular weight excluding hydrogens is 278 g/mol. The summed E-state index contributed by atoms with van der Waals surface area (Å²) in [6.07, 6.45) is 2.06. The zero-order valence-corrected chi connectivity index (χ0v) is 10.3. The van der Waals surface area contributed by atoms with Crippen molar-refractivity contribution in [2.24, 2.45) is 0 Å². The number of amides is 1. The van der Waals surface area contributed by atoms with E-state index in [-0.39, 0.29) is 16.9 Å². The van der Waals surface area contributed by atoms with E-state index < -0.39 is 11.2 Å². The van der Waals surface area contributed by atoms with Crippen LogP contribution in [0.3, 0.4) is 0 Å². The summed E-state index contributed by atoms with van der Waals surface area (Å²) in [7, 11) is 0. The van der Waals surface area contributed by atoms with Gasteiger partial charge in [-0.2, -0.15) is 0 Å². The molecule has 0 aliphatic rings. The van der Waals surface area contributed by atoms with E-state index in [9.17, 15) is 14.4 Å². The van der Waals surface area contributed by atoms with Crippen molar-refractivity contribution in [1.29, 1.82) is 0 Å². The molecule has 1 aromatic rings. The highest BCUT2D eigenvalue weighted by Crippen LogP contribution is 1.95. The summed E-state index contributed by atoms with van der Waals surface area (Å²) in [6, 6.07) is 0. The molecule has 88 valence electrons. The third kappa shape index (κ3) is 3.06. The lowest BCUT2D eigenvalue weighted by Crippen LogP contribution is -2.40. The molecule has 0 fully saturated rings. The zero-order valence-electron chi connectivity index (χ0n) is 8.75. The van der Waals surface area contributed by atoms with Gasteiger partial charge >= 0.3 is 5.69 Å². The van der Waals surface area contributed by atoms with E-state index in [0.717, 1.165) is 11.0 Å². The number of nitrogens with zero attached hydrogens (tertiary/aromatic N) is 1. The van der Waals surface area contributed by atoms with Crippen molar-refractivity contribution in [3.05, 3.63) is 31.5 Å². The van der Waals surface area contributed by atoms with Gasteiger partial charge in [-0.15, -0.1) is 0 Å². The fourth-order valence-electron chi connectivity index (χ4n) is 1.09. The second kappa shape index (κ2) is 5.64. The third-order valence-corrected chi connectivity index (χ3v) is 2.46. The second-order valence-corrected chi connectivity index (χ2v) is 4.04. The number of hydrogen-bond acceptors (Lipinski definition) is 3. The van der Waals surface area contributed by atoms with Crippen molar-refractivity contribution in [3.8, 4) is 0 Å². The van der Waals surface area contributed by atoms with Crippen LogP contribution in [-0.2, 0) is 11.3 Å². The van der Waals surface area contributed by atoms with Gasteiger partial charge in [0.05, 0.1) is 4.47 Å². The first-order valence-corrected chi connectivity index (χ1v) is 5.60. The highest BCUT2D eigenvalue weighted by molar-refractivity contribution is 9.10. The minimum atomic E-state index is -0.597. The molecule has 1 heterocycles. The molecule has 0 saturated heterocycles. The van der Waals surface area contributed by atoms with Gasteiger partial charge in [-0.25, -0.2) is 9.36 Å². The Bertz CT molecular complexity index is 492. The lowest BCUT2D eigenvalue weighted by atomic mass is 10.4. The number of H-pyrrole nitrogens is 1. The highest BCUT2D eigenvalue weighted by atomic mass is 79.9. The zero-order chi connectivity index (χ0) is 12.1. The molecule has 2 N–H and O–H groups in total. The van der Waals surface area contributed by atoms with Gasteiger partial charge in [0, 0.05) is 12.7 Å². The van der Waals surface area contributed by atoms with Gasteiger partial charge in [0.2, 0.25) is 5.91 Å². The fourth-order valence-corrected chi connectivity index (χ4v) is 1.42. The fraction of sp³-hybridized carbons (Fsp3) is 0.444. The Balaban J connectivity index is 2.89. The van der Waals surface area contributed by atoms with E-state index in [4.69, 9.17) is 0 Å². The summed E-state index contributed by atoms with van der Waals surface area (Å²) in [4.78, 5) is 36.5. The Kier molecular flexibility index (Phi) is 4.48. The van der Waals surface area contributed by atoms with Gasteiger partial charge < -0.3 is 10.3 Å². The lowest BCUT2D eigenvalue weighted by molar-refractivity contribution is -0.121. The normalized spacial score (nSPS) is 10.1. The maximum Gasteiger partial charge on any atom is 0.328 e. The van der Waals surface area contributed by atoms with Gasteiger partial charge in [0.1, 0.15) is 6.54 Å². The summed E-state index contributed by atoms with van der Waals surface area (Å²) >= 11 is 2.99. The Morgan fingerprint density at radius 2 is 2.25 bits per heavy atom. The van der Waals surface area contributed by atoms with Crippen molar-refractivity contribution in [2.75, 3.05) is 6.54 Å². The standard InChI is InChI=1S/C9H12BrN3O3/c1-2-3-11-7(14)5-13-8(15)6(10)4-12-9(13)16/h4H,2-3,5H2,1H3,(H,11,14)(H,12,16). The van der Waals surface area contributed by atoms with E-state index in [1.54, 1.807) is 0 Å². The minimum Gasteiger partial charge on any atom is -0.355 e. The number of nitrogens with one attached hydrogen (secondary N) is 2. The van der Waals surface area contributed by atoms with E-state index in [1.165, 1.54) is 6.20 Å². The number of aromatic amines is 1. The molecule has 0 aromatic carbocycles. The van der Waals surface area contributed by atoms with Crippen molar-refractivity contribution in [3.63, 3.8) is 0 Å².